The van der Waals surface area contributed by atoms with Gasteiger partial charge in [-0.3, -0.25) is 0 Å². The van der Waals surface area contributed by atoms with Crippen molar-refractivity contribution in [2.45, 2.75) is 0 Å². The lowest BCUT2D eigenvalue weighted by atomic mass is 9.93. The van der Waals surface area contributed by atoms with E-state index in [1.807, 2.05) is 11.3 Å². The van der Waals surface area contributed by atoms with E-state index >= 15 is 0 Å². The quantitative estimate of drug-likeness (QED) is 0.157. The highest BCUT2D eigenvalue weighted by molar-refractivity contribution is 7.26. The molecule has 0 saturated heterocycles. The molecule has 0 spiro atoms. The van der Waals surface area contributed by atoms with E-state index in [1.165, 1.54) is 91.9 Å². The molecule has 1 heterocycles. The minimum atomic E-state index is 1.12. The van der Waals surface area contributed by atoms with Crippen LogP contribution in [0, 0.1) is 0 Å². The van der Waals surface area contributed by atoms with Crippen LogP contribution >= 0.6 is 11.3 Å². The number of thiophene rings is 1. The van der Waals surface area contributed by atoms with Crippen molar-refractivity contribution in [3.8, 4) is 44.5 Å². The zero-order valence-corrected chi connectivity index (χ0v) is 32.5. The Morgan fingerprint density at radius 2 is 0.810 bits per heavy atom. The number of nitrogens with zero attached hydrogens (tertiary/aromatic N) is 1. The fourth-order valence-corrected chi connectivity index (χ4v) is 9.81. The fourth-order valence-electron chi connectivity index (χ4n) is 8.61. The molecule has 1 aromatic heterocycles. The summed E-state index contributed by atoms with van der Waals surface area (Å²) in [6.45, 7) is 0. The van der Waals surface area contributed by atoms with Gasteiger partial charge in [-0.05, 0) is 115 Å². The molecule has 2 heteroatoms. The van der Waals surface area contributed by atoms with Gasteiger partial charge in [0.15, 0.2) is 0 Å². The Kier molecular flexibility index (Phi) is 8.42. The molecule has 0 aliphatic heterocycles. The van der Waals surface area contributed by atoms with Crippen molar-refractivity contribution in [2.75, 3.05) is 4.90 Å². The molecule has 0 aliphatic rings. The maximum atomic E-state index is 2.42. The first-order valence-electron chi connectivity index (χ1n) is 19.8. The normalized spacial score (nSPS) is 11.4. The van der Waals surface area contributed by atoms with Crippen molar-refractivity contribution in [3.05, 3.63) is 224 Å². The largest absolute Gasteiger partial charge is 0.309 e. The maximum absolute atomic E-state index is 2.42. The topological polar surface area (TPSA) is 3.24 Å². The third kappa shape index (κ3) is 6.03. The van der Waals surface area contributed by atoms with Gasteiger partial charge in [0.1, 0.15) is 0 Å². The molecule has 0 atom stereocenters. The van der Waals surface area contributed by atoms with E-state index in [2.05, 4.69) is 229 Å². The van der Waals surface area contributed by atoms with E-state index in [1.54, 1.807) is 0 Å². The molecule has 0 N–H and O–H groups in total. The lowest BCUT2D eigenvalue weighted by Crippen LogP contribution is -2.10. The third-order valence-corrected chi connectivity index (χ3v) is 12.7. The van der Waals surface area contributed by atoms with Gasteiger partial charge in [-0.2, -0.15) is 0 Å². The van der Waals surface area contributed by atoms with Gasteiger partial charge in [0.05, 0.1) is 10.4 Å². The zero-order valence-electron chi connectivity index (χ0n) is 31.7. The van der Waals surface area contributed by atoms with Gasteiger partial charge in [-0.25, -0.2) is 0 Å². The Balaban J connectivity index is 0.994. The van der Waals surface area contributed by atoms with Gasteiger partial charge < -0.3 is 4.90 Å². The van der Waals surface area contributed by atoms with Crippen LogP contribution in [0.2, 0.25) is 0 Å². The molecule has 0 bridgehead atoms. The summed E-state index contributed by atoms with van der Waals surface area (Å²) in [5.74, 6) is 0. The van der Waals surface area contributed by atoms with Crippen LogP contribution in [0.3, 0.4) is 0 Å². The van der Waals surface area contributed by atoms with Crippen LogP contribution in [-0.4, -0.2) is 0 Å². The van der Waals surface area contributed by atoms with Gasteiger partial charge in [0.2, 0.25) is 0 Å². The highest BCUT2D eigenvalue weighted by Crippen LogP contribution is 2.45. The zero-order chi connectivity index (χ0) is 38.4. The second kappa shape index (κ2) is 14.4. The summed E-state index contributed by atoms with van der Waals surface area (Å²) in [5.41, 5.74) is 13.1. The minimum Gasteiger partial charge on any atom is -0.309 e. The summed E-state index contributed by atoms with van der Waals surface area (Å²) >= 11 is 1.87. The fraction of sp³-hybridized carbons (Fsp3) is 0. The van der Waals surface area contributed by atoms with Crippen molar-refractivity contribution in [1.82, 2.24) is 0 Å². The molecule has 10 aromatic carbocycles. The molecule has 1 nitrogen and oxygen atoms in total. The molecular formula is C56H37NS. The number of hydrogen-bond acceptors (Lipinski definition) is 2. The molecule has 0 fully saturated rings. The first-order valence-corrected chi connectivity index (χ1v) is 20.6. The molecule has 0 amide bonds. The van der Waals surface area contributed by atoms with Crippen LogP contribution in [0.25, 0.3) is 86.2 Å². The SMILES string of the molecule is c1ccc(-c2ccc3cccc(-c4cccc(-c5ccc(N(c6ccc(-c7cccc8ccccc78)cc6)c6cccc7c6sc6ccccc67)cc5)c4)c3c2)cc1. The summed E-state index contributed by atoms with van der Waals surface area (Å²) < 4.78 is 2.58. The average molecular weight is 756 g/mol. The Labute approximate surface area is 342 Å². The molecule has 0 radical (unpaired) electrons. The van der Waals surface area contributed by atoms with E-state index in [0.717, 1.165) is 11.4 Å². The van der Waals surface area contributed by atoms with Crippen molar-refractivity contribution in [1.29, 1.82) is 0 Å². The van der Waals surface area contributed by atoms with Crippen LogP contribution in [-0.2, 0) is 0 Å². The van der Waals surface area contributed by atoms with Crippen LogP contribution in [0.15, 0.2) is 224 Å². The van der Waals surface area contributed by atoms with Crippen LogP contribution in [0.1, 0.15) is 0 Å². The first kappa shape index (κ1) is 34.0. The molecule has 0 saturated carbocycles. The Bertz CT molecular complexity index is 3260. The number of rotatable bonds is 7. The monoisotopic (exact) mass is 755 g/mol. The predicted molar refractivity (Wildman–Crippen MR) is 251 cm³/mol. The van der Waals surface area contributed by atoms with Crippen molar-refractivity contribution < 1.29 is 0 Å². The number of hydrogen-bond donors (Lipinski definition) is 0. The second-order valence-corrected chi connectivity index (χ2v) is 15.9. The lowest BCUT2D eigenvalue weighted by Gasteiger charge is -2.26. The maximum Gasteiger partial charge on any atom is 0.0640 e. The standard InChI is InChI=1S/C56H37NS/c1-2-12-38(13-3-1)44-27-26-41-16-10-22-50(53(41)37-44)45-18-8-17-43(36-45)39-28-32-46(33-29-39)57(54-24-11-23-52-51-20-6-7-25-55(51)58-56(52)54)47-34-30-42(31-35-47)49-21-9-15-40-14-4-5-19-48(40)49/h1-37H. The summed E-state index contributed by atoms with van der Waals surface area (Å²) in [7, 11) is 0. The van der Waals surface area contributed by atoms with Gasteiger partial charge in [-0.15, -0.1) is 11.3 Å². The van der Waals surface area contributed by atoms with Gasteiger partial charge >= 0.3 is 0 Å². The van der Waals surface area contributed by atoms with Crippen LogP contribution in [0.4, 0.5) is 17.1 Å². The highest BCUT2D eigenvalue weighted by atomic mass is 32.1. The van der Waals surface area contributed by atoms with Crippen LogP contribution in [0.5, 0.6) is 0 Å². The Hall–Kier alpha value is -7.26. The van der Waals surface area contributed by atoms with E-state index in [4.69, 9.17) is 0 Å². The molecule has 272 valence electrons. The molecule has 0 aliphatic carbocycles. The number of fused-ring (bicyclic) bond motifs is 5. The van der Waals surface area contributed by atoms with Gasteiger partial charge in [0, 0.05) is 26.8 Å². The average Bonchev–Trinajstić information content (AvgIpc) is 3.69. The molecule has 11 rings (SSSR count). The van der Waals surface area contributed by atoms with Crippen molar-refractivity contribution in [2.24, 2.45) is 0 Å². The Morgan fingerprint density at radius 1 is 0.293 bits per heavy atom. The summed E-state index contributed by atoms with van der Waals surface area (Å²) in [5, 5.41) is 7.60. The van der Waals surface area contributed by atoms with Gasteiger partial charge in [0.25, 0.3) is 0 Å². The first-order chi connectivity index (χ1) is 28.7. The summed E-state index contributed by atoms with van der Waals surface area (Å²) in [6.07, 6.45) is 0. The van der Waals surface area contributed by atoms with Crippen molar-refractivity contribution in [3.63, 3.8) is 0 Å². The summed E-state index contributed by atoms with van der Waals surface area (Å²) in [4.78, 5) is 2.42. The smallest absolute Gasteiger partial charge is 0.0640 e. The third-order valence-electron chi connectivity index (χ3n) is 11.5. The molecule has 58 heavy (non-hydrogen) atoms. The van der Waals surface area contributed by atoms with E-state index in [-0.39, 0.29) is 0 Å². The molecule has 0 unspecified atom stereocenters. The Morgan fingerprint density at radius 3 is 1.60 bits per heavy atom. The molecular weight excluding hydrogens is 719 g/mol. The van der Waals surface area contributed by atoms with E-state index < -0.39 is 0 Å². The van der Waals surface area contributed by atoms with E-state index in [9.17, 15) is 0 Å². The molecule has 11 aromatic rings. The van der Waals surface area contributed by atoms with Crippen molar-refractivity contribution >= 4 is 70.1 Å². The summed E-state index contributed by atoms with van der Waals surface area (Å²) in [6, 6.07) is 81.9. The second-order valence-electron chi connectivity index (χ2n) is 14.9. The lowest BCUT2D eigenvalue weighted by molar-refractivity contribution is 1.30. The highest BCUT2D eigenvalue weighted by Gasteiger charge is 2.19. The predicted octanol–water partition coefficient (Wildman–Crippen LogP) is 16.5. The van der Waals surface area contributed by atoms with Gasteiger partial charge in [-0.1, -0.05) is 176 Å². The number of benzene rings is 10. The number of anilines is 3. The van der Waals surface area contributed by atoms with Crippen LogP contribution < -0.4 is 4.90 Å². The minimum absolute atomic E-state index is 1.12. The van der Waals surface area contributed by atoms with E-state index in [0.29, 0.717) is 0 Å².